The molecule has 0 bridgehead atoms. The van der Waals surface area contributed by atoms with E-state index in [0.717, 1.165) is 31.2 Å². The van der Waals surface area contributed by atoms with Crippen molar-refractivity contribution in [1.29, 1.82) is 0 Å². The molecule has 1 N–H and O–H groups in total. The second-order valence-corrected chi connectivity index (χ2v) is 5.79. The van der Waals surface area contributed by atoms with Crippen LogP contribution in [-0.4, -0.2) is 50.8 Å². The molecule has 3 heteroatoms. The molecule has 2 aliphatic rings. The maximum atomic E-state index is 5.43. The number of ether oxygens (including phenoxy) is 1. The van der Waals surface area contributed by atoms with Crippen LogP contribution in [0.15, 0.2) is 0 Å². The highest BCUT2D eigenvalue weighted by molar-refractivity contribution is 4.80. The lowest BCUT2D eigenvalue weighted by Crippen LogP contribution is -2.41. The minimum atomic E-state index is 0.769. The Bertz CT molecular complexity index is 208. The van der Waals surface area contributed by atoms with E-state index in [2.05, 4.69) is 24.3 Å². The zero-order valence-electron chi connectivity index (χ0n) is 11.5. The largest absolute Gasteiger partial charge is 0.381 e. The predicted octanol–water partition coefficient (Wildman–Crippen LogP) is 1.88. The van der Waals surface area contributed by atoms with Gasteiger partial charge in [-0.15, -0.1) is 0 Å². The molecule has 0 amide bonds. The van der Waals surface area contributed by atoms with Crippen LogP contribution in [0.3, 0.4) is 0 Å². The molecule has 2 fully saturated rings. The van der Waals surface area contributed by atoms with Gasteiger partial charge in [0.05, 0.1) is 0 Å². The summed E-state index contributed by atoms with van der Waals surface area (Å²) in [4.78, 5) is 2.59. The third-order valence-electron chi connectivity index (χ3n) is 4.62. The highest BCUT2D eigenvalue weighted by atomic mass is 16.5. The van der Waals surface area contributed by atoms with Gasteiger partial charge in [0.2, 0.25) is 0 Å². The van der Waals surface area contributed by atoms with Crippen LogP contribution in [0.1, 0.15) is 38.5 Å². The maximum absolute atomic E-state index is 5.43. The Kier molecular flexibility index (Phi) is 5.26. The smallest absolute Gasteiger partial charge is 0.0480 e. The number of nitrogens with zero attached hydrogens (tertiary/aromatic N) is 1. The first-order valence-electron chi connectivity index (χ1n) is 7.25. The van der Waals surface area contributed by atoms with Crippen LogP contribution in [0.25, 0.3) is 0 Å². The van der Waals surface area contributed by atoms with Gasteiger partial charge in [0.25, 0.3) is 0 Å². The molecular formula is C14H28N2O. The zero-order valence-corrected chi connectivity index (χ0v) is 11.5. The molecule has 3 nitrogen and oxygen atoms in total. The molecule has 1 heterocycles. The monoisotopic (exact) mass is 240 g/mol. The zero-order chi connectivity index (χ0) is 12.1. The van der Waals surface area contributed by atoms with Crippen LogP contribution in [0.5, 0.6) is 0 Å². The van der Waals surface area contributed by atoms with Crippen molar-refractivity contribution in [2.75, 3.05) is 33.9 Å². The third kappa shape index (κ3) is 3.94. The summed E-state index contributed by atoms with van der Waals surface area (Å²) in [6, 6.07) is 1.55. The molecule has 0 radical (unpaired) electrons. The van der Waals surface area contributed by atoms with E-state index in [0.29, 0.717) is 0 Å². The second kappa shape index (κ2) is 6.72. The van der Waals surface area contributed by atoms with Crippen molar-refractivity contribution in [2.45, 2.75) is 50.6 Å². The Morgan fingerprint density at radius 2 is 1.71 bits per heavy atom. The van der Waals surface area contributed by atoms with Crippen molar-refractivity contribution in [3.63, 3.8) is 0 Å². The molecule has 17 heavy (non-hydrogen) atoms. The number of hydrogen-bond acceptors (Lipinski definition) is 3. The van der Waals surface area contributed by atoms with Crippen LogP contribution < -0.4 is 5.32 Å². The van der Waals surface area contributed by atoms with E-state index < -0.39 is 0 Å². The van der Waals surface area contributed by atoms with Crippen LogP contribution in [0.2, 0.25) is 0 Å². The molecule has 1 aliphatic heterocycles. The van der Waals surface area contributed by atoms with Gasteiger partial charge in [-0.25, -0.2) is 0 Å². The van der Waals surface area contributed by atoms with Gasteiger partial charge in [0.15, 0.2) is 0 Å². The fourth-order valence-electron chi connectivity index (χ4n) is 3.32. The van der Waals surface area contributed by atoms with E-state index in [1.807, 2.05) is 0 Å². The molecule has 1 saturated carbocycles. The van der Waals surface area contributed by atoms with Crippen LogP contribution in [0, 0.1) is 5.92 Å². The molecule has 100 valence electrons. The first-order chi connectivity index (χ1) is 8.29. The van der Waals surface area contributed by atoms with E-state index in [-0.39, 0.29) is 0 Å². The average molecular weight is 240 g/mol. The van der Waals surface area contributed by atoms with E-state index in [1.165, 1.54) is 45.1 Å². The second-order valence-electron chi connectivity index (χ2n) is 5.79. The van der Waals surface area contributed by atoms with Gasteiger partial charge in [0, 0.05) is 31.8 Å². The summed E-state index contributed by atoms with van der Waals surface area (Å²) in [5.41, 5.74) is 0. The number of hydrogen-bond donors (Lipinski definition) is 1. The van der Waals surface area contributed by atoms with Gasteiger partial charge < -0.3 is 15.0 Å². The van der Waals surface area contributed by atoms with E-state index in [9.17, 15) is 0 Å². The van der Waals surface area contributed by atoms with E-state index in [4.69, 9.17) is 4.74 Å². The van der Waals surface area contributed by atoms with Crippen LogP contribution in [0.4, 0.5) is 0 Å². The highest BCUT2D eigenvalue weighted by Crippen LogP contribution is 2.26. The summed E-state index contributed by atoms with van der Waals surface area (Å²) >= 11 is 0. The van der Waals surface area contributed by atoms with E-state index in [1.54, 1.807) is 0 Å². The Morgan fingerprint density at radius 1 is 1.06 bits per heavy atom. The van der Waals surface area contributed by atoms with Crippen molar-refractivity contribution in [3.05, 3.63) is 0 Å². The van der Waals surface area contributed by atoms with Crippen LogP contribution >= 0.6 is 0 Å². The highest BCUT2D eigenvalue weighted by Gasteiger charge is 2.24. The molecule has 0 aromatic heterocycles. The summed E-state index contributed by atoms with van der Waals surface area (Å²) in [5.74, 6) is 0.924. The van der Waals surface area contributed by atoms with Crippen LogP contribution in [-0.2, 0) is 4.74 Å². The average Bonchev–Trinajstić information content (AvgIpc) is 2.40. The van der Waals surface area contributed by atoms with Crippen molar-refractivity contribution in [2.24, 2.45) is 5.92 Å². The fourth-order valence-corrected chi connectivity index (χ4v) is 3.32. The topological polar surface area (TPSA) is 24.5 Å². The molecule has 0 atom stereocenters. The lowest BCUT2D eigenvalue weighted by molar-refractivity contribution is 0.0357. The molecule has 0 aromatic carbocycles. The standard InChI is InChI=1S/C14H28N2O/c1-15-13-5-3-12(4-6-13)11-16(2)14-7-9-17-10-8-14/h12-15H,3-11H2,1-2H3. The summed E-state index contributed by atoms with van der Waals surface area (Å²) in [6.45, 7) is 3.21. The fraction of sp³-hybridized carbons (Fsp3) is 1.00. The summed E-state index contributed by atoms with van der Waals surface area (Å²) in [6.07, 6.45) is 7.98. The lowest BCUT2D eigenvalue weighted by atomic mass is 9.85. The summed E-state index contributed by atoms with van der Waals surface area (Å²) in [5, 5.41) is 3.41. The van der Waals surface area contributed by atoms with Crippen molar-refractivity contribution in [3.8, 4) is 0 Å². The Morgan fingerprint density at radius 3 is 2.29 bits per heavy atom. The maximum Gasteiger partial charge on any atom is 0.0480 e. The van der Waals surface area contributed by atoms with Gasteiger partial charge in [-0.1, -0.05) is 0 Å². The molecule has 0 aromatic rings. The first-order valence-corrected chi connectivity index (χ1v) is 7.25. The molecule has 1 saturated heterocycles. The van der Waals surface area contributed by atoms with Gasteiger partial charge in [-0.05, 0) is 58.5 Å². The summed E-state index contributed by atoms with van der Waals surface area (Å²) < 4.78 is 5.43. The van der Waals surface area contributed by atoms with Crippen molar-refractivity contribution in [1.82, 2.24) is 10.2 Å². The Hall–Kier alpha value is -0.120. The SMILES string of the molecule is CNC1CCC(CN(C)C2CCOCC2)CC1. The van der Waals surface area contributed by atoms with Gasteiger partial charge >= 0.3 is 0 Å². The van der Waals surface area contributed by atoms with Gasteiger partial charge in [0.1, 0.15) is 0 Å². The normalized spacial score (nSPS) is 31.9. The van der Waals surface area contributed by atoms with Crippen molar-refractivity contribution < 1.29 is 4.74 Å². The van der Waals surface area contributed by atoms with Crippen molar-refractivity contribution >= 4 is 0 Å². The first kappa shape index (κ1) is 13.3. The third-order valence-corrected chi connectivity index (χ3v) is 4.62. The Labute approximate surface area is 106 Å². The molecule has 2 rings (SSSR count). The quantitative estimate of drug-likeness (QED) is 0.812. The molecule has 0 spiro atoms. The minimum Gasteiger partial charge on any atom is -0.381 e. The summed E-state index contributed by atoms with van der Waals surface area (Å²) in [7, 11) is 4.40. The van der Waals surface area contributed by atoms with E-state index >= 15 is 0 Å². The van der Waals surface area contributed by atoms with Gasteiger partial charge in [-0.3, -0.25) is 0 Å². The molecular weight excluding hydrogens is 212 g/mol. The lowest BCUT2D eigenvalue weighted by Gasteiger charge is -2.36. The number of rotatable bonds is 4. The minimum absolute atomic E-state index is 0.769. The van der Waals surface area contributed by atoms with Gasteiger partial charge in [-0.2, -0.15) is 0 Å². The molecule has 1 aliphatic carbocycles. The molecule has 0 unspecified atom stereocenters. The Balaban J connectivity index is 1.69. The predicted molar refractivity (Wildman–Crippen MR) is 71.3 cm³/mol. The number of nitrogens with one attached hydrogen (secondary N) is 1.